The molecule has 0 heterocycles. The number of hydrogen-bond donors (Lipinski definition) is 2. The molecule has 2 N–H and O–H groups in total. The summed E-state index contributed by atoms with van der Waals surface area (Å²) in [6.45, 7) is 2.03. The van der Waals surface area contributed by atoms with Gasteiger partial charge in [0.1, 0.15) is 0 Å². The molecule has 0 aliphatic heterocycles. The highest BCUT2D eigenvalue weighted by atomic mass is 16.5. The second-order valence-corrected chi connectivity index (χ2v) is 4.90. The van der Waals surface area contributed by atoms with Gasteiger partial charge in [-0.25, -0.2) is 4.79 Å². The second-order valence-electron chi connectivity index (χ2n) is 4.90. The van der Waals surface area contributed by atoms with E-state index in [1.54, 1.807) is 24.3 Å². The number of carbonyl (C=O) groups is 2. The number of ether oxygens (including phenoxy) is 1. The maximum absolute atomic E-state index is 11.6. The number of likely N-dealkylation sites (N-methyl/N-ethyl adjacent to an activating group) is 1. The van der Waals surface area contributed by atoms with Gasteiger partial charge in [0, 0.05) is 31.7 Å². The number of esters is 1. The van der Waals surface area contributed by atoms with Crippen molar-refractivity contribution in [2.75, 3.05) is 46.2 Å². The maximum Gasteiger partial charge on any atom is 0.337 e. The fraction of sp³-hybridized carbons (Fsp3) is 0.467. The third-order valence-electron chi connectivity index (χ3n) is 2.87. The summed E-state index contributed by atoms with van der Waals surface area (Å²) in [5.41, 5.74) is 1.37. The van der Waals surface area contributed by atoms with Gasteiger partial charge in [-0.3, -0.25) is 4.79 Å². The lowest BCUT2D eigenvalue weighted by molar-refractivity contribution is -0.120. The molecule has 0 saturated carbocycles. The molecule has 0 spiro atoms. The zero-order valence-electron chi connectivity index (χ0n) is 12.8. The van der Waals surface area contributed by atoms with Crippen LogP contribution in [0.2, 0.25) is 0 Å². The van der Waals surface area contributed by atoms with Crippen LogP contribution in [0.5, 0.6) is 0 Å². The highest BCUT2D eigenvalue weighted by Gasteiger charge is 2.04. The first-order valence-electron chi connectivity index (χ1n) is 6.86. The highest BCUT2D eigenvalue weighted by Crippen LogP contribution is 2.10. The number of anilines is 1. The van der Waals surface area contributed by atoms with Gasteiger partial charge in [-0.1, -0.05) is 0 Å². The van der Waals surface area contributed by atoms with Crippen LogP contribution in [-0.2, 0) is 9.53 Å². The minimum atomic E-state index is -0.359. The molecular formula is C15H23N3O3. The minimum absolute atomic E-state index is 0.0236. The van der Waals surface area contributed by atoms with Gasteiger partial charge in [-0.05, 0) is 38.4 Å². The van der Waals surface area contributed by atoms with E-state index in [2.05, 4.69) is 15.4 Å². The molecule has 6 nitrogen and oxygen atoms in total. The number of methoxy groups -OCH3 is 1. The number of benzene rings is 1. The summed E-state index contributed by atoms with van der Waals surface area (Å²) < 4.78 is 4.63. The van der Waals surface area contributed by atoms with Crippen LogP contribution in [0.3, 0.4) is 0 Å². The van der Waals surface area contributed by atoms with Gasteiger partial charge in [-0.15, -0.1) is 0 Å². The molecule has 0 aromatic heterocycles. The Bertz CT molecular complexity index is 458. The Morgan fingerprint density at radius 1 is 1.14 bits per heavy atom. The van der Waals surface area contributed by atoms with E-state index in [1.165, 1.54) is 7.11 Å². The summed E-state index contributed by atoms with van der Waals surface area (Å²) in [5.74, 6) is -0.336. The largest absolute Gasteiger partial charge is 0.465 e. The molecule has 0 radical (unpaired) electrons. The van der Waals surface area contributed by atoms with Crippen molar-refractivity contribution in [3.63, 3.8) is 0 Å². The standard InChI is InChI=1S/C15H23N3O3/c1-18(2)11-10-17-14(19)8-9-16-13-6-4-12(5-7-13)15(20)21-3/h4-7,16H,8-11H2,1-3H3,(H,17,19). The van der Waals surface area contributed by atoms with Gasteiger partial charge in [-0.2, -0.15) is 0 Å². The van der Waals surface area contributed by atoms with Gasteiger partial charge in [0.2, 0.25) is 5.91 Å². The van der Waals surface area contributed by atoms with E-state index >= 15 is 0 Å². The topological polar surface area (TPSA) is 70.7 Å². The Hall–Kier alpha value is -2.08. The molecule has 116 valence electrons. The maximum atomic E-state index is 11.6. The van der Waals surface area contributed by atoms with E-state index in [1.807, 2.05) is 19.0 Å². The normalized spacial score (nSPS) is 10.3. The second kappa shape index (κ2) is 8.97. The predicted octanol–water partition coefficient (Wildman–Crippen LogP) is 0.953. The van der Waals surface area contributed by atoms with Crippen molar-refractivity contribution in [2.45, 2.75) is 6.42 Å². The zero-order valence-corrected chi connectivity index (χ0v) is 12.8. The SMILES string of the molecule is COC(=O)c1ccc(NCCC(=O)NCCN(C)C)cc1. The Labute approximate surface area is 125 Å². The fourth-order valence-electron chi connectivity index (χ4n) is 1.67. The smallest absolute Gasteiger partial charge is 0.337 e. The van der Waals surface area contributed by atoms with Crippen molar-refractivity contribution in [2.24, 2.45) is 0 Å². The van der Waals surface area contributed by atoms with Crippen LogP contribution in [0.4, 0.5) is 5.69 Å². The molecule has 0 atom stereocenters. The lowest BCUT2D eigenvalue weighted by atomic mass is 10.2. The highest BCUT2D eigenvalue weighted by molar-refractivity contribution is 5.89. The van der Waals surface area contributed by atoms with E-state index < -0.39 is 0 Å². The molecule has 1 aromatic carbocycles. The molecule has 0 fully saturated rings. The Morgan fingerprint density at radius 2 is 1.81 bits per heavy atom. The van der Waals surface area contributed by atoms with Crippen molar-refractivity contribution < 1.29 is 14.3 Å². The van der Waals surface area contributed by atoms with Crippen LogP contribution in [0.15, 0.2) is 24.3 Å². The van der Waals surface area contributed by atoms with E-state index in [4.69, 9.17) is 0 Å². The van der Waals surface area contributed by atoms with Crippen LogP contribution in [0.25, 0.3) is 0 Å². The van der Waals surface area contributed by atoms with Crippen LogP contribution in [-0.4, -0.2) is 57.6 Å². The van der Waals surface area contributed by atoms with Gasteiger partial charge in [0.25, 0.3) is 0 Å². The molecule has 0 unspecified atom stereocenters. The van der Waals surface area contributed by atoms with Crippen molar-refractivity contribution in [1.29, 1.82) is 0 Å². The van der Waals surface area contributed by atoms with Gasteiger partial charge >= 0.3 is 5.97 Å². The Kier molecular flexibility index (Phi) is 7.25. The minimum Gasteiger partial charge on any atom is -0.465 e. The molecule has 6 heteroatoms. The summed E-state index contributed by atoms with van der Waals surface area (Å²) >= 11 is 0. The summed E-state index contributed by atoms with van der Waals surface area (Å²) in [4.78, 5) is 24.9. The van der Waals surface area contributed by atoms with Gasteiger partial charge in [0.15, 0.2) is 0 Å². The van der Waals surface area contributed by atoms with Crippen molar-refractivity contribution in [3.05, 3.63) is 29.8 Å². The summed E-state index contributed by atoms with van der Waals surface area (Å²) in [6.07, 6.45) is 0.409. The third kappa shape index (κ3) is 6.76. The summed E-state index contributed by atoms with van der Waals surface area (Å²) in [5, 5.41) is 5.99. The Balaban J connectivity index is 2.26. The van der Waals surface area contributed by atoms with E-state index in [0.717, 1.165) is 12.2 Å². The quantitative estimate of drug-likeness (QED) is 0.698. The molecule has 0 aliphatic rings. The predicted molar refractivity (Wildman–Crippen MR) is 82.5 cm³/mol. The number of carbonyl (C=O) groups excluding carboxylic acids is 2. The third-order valence-corrected chi connectivity index (χ3v) is 2.87. The number of hydrogen-bond acceptors (Lipinski definition) is 5. The van der Waals surface area contributed by atoms with E-state index in [9.17, 15) is 9.59 Å². The molecule has 0 aliphatic carbocycles. The zero-order chi connectivity index (χ0) is 15.7. The average molecular weight is 293 g/mol. The van der Waals surface area contributed by atoms with Gasteiger partial charge < -0.3 is 20.3 Å². The molecular weight excluding hydrogens is 270 g/mol. The summed E-state index contributed by atoms with van der Waals surface area (Å²) in [7, 11) is 5.28. The lowest BCUT2D eigenvalue weighted by Crippen LogP contribution is -2.32. The molecule has 1 aromatic rings. The molecule has 1 rings (SSSR count). The monoisotopic (exact) mass is 293 g/mol. The molecule has 0 saturated heterocycles. The Morgan fingerprint density at radius 3 is 2.38 bits per heavy atom. The number of nitrogens with zero attached hydrogens (tertiary/aromatic N) is 1. The molecule has 21 heavy (non-hydrogen) atoms. The van der Waals surface area contributed by atoms with Crippen molar-refractivity contribution in [1.82, 2.24) is 10.2 Å². The van der Waals surface area contributed by atoms with Crippen molar-refractivity contribution in [3.8, 4) is 0 Å². The summed E-state index contributed by atoms with van der Waals surface area (Å²) in [6, 6.07) is 6.95. The van der Waals surface area contributed by atoms with Crippen LogP contribution < -0.4 is 10.6 Å². The number of rotatable bonds is 8. The number of nitrogens with one attached hydrogen (secondary N) is 2. The van der Waals surface area contributed by atoms with Crippen LogP contribution in [0.1, 0.15) is 16.8 Å². The van der Waals surface area contributed by atoms with Crippen LogP contribution >= 0.6 is 0 Å². The first-order chi connectivity index (χ1) is 10.0. The first kappa shape index (κ1) is 17.0. The first-order valence-corrected chi connectivity index (χ1v) is 6.86. The molecule has 0 bridgehead atoms. The van der Waals surface area contributed by atoms with E-state index in [0.29, 0.717) is 25.1 Å². The van der Waals surface area contributed by atoms with Gasteiger partial charge in [0.05, 0.1) is 12.7 Å². The van der Waals surface area contributed by atoms with Crippen molar-refractivity contribution >= 4 is 17.6 Å². The average Bonchev–Trinajstić information content (AvgIpc) is 2.46. The fourth-order valence-corrected chi connectivity index (χ4v) is 1.67. The molecule has 1 amide bonds. The van der Waals surface area contributed by atoms with E-state index in [-0.39, 0.29) is 11.9 Å². The van der Waals surface area contributed by atoms with Crippen LogP contribution in [0, 0.1) is 0 Å². The lowest BCUT2D eigenvalue weighted by Gasteiger charge is -2.11. The number of amides is 1.